The lowest BCUT2D eigenvalue weighted by Crippen LogP contribution is -2.32. The number of dihydropyridines is 1. The maximum Gasteiger partial charge on any atom is 0.336 e. The molecular weight excluding hydrogens is 392 g/mol. The molecule has 0 unspecified atom stereocenters. The highest BCUT2D eigenvalue weighted by Gasteiger charge is 2.39. The molecule has 2 heterocycles. The Labute approximate surface area is 174 Å². The number of rotatable bonds is 3. The van der Waals surface area contributed by atoms with Gasteiger partial charge in [-0.2, -0.15) is 0 Å². The number of benzene rings is 1. The highest BCUT2D eigenvalue weighted by molar-refractivity contribution is 6.31. The first kappa shape index (κ1) is 20.9. The van der Waals surface area contributed by atoms with Gasteiger partial charge in [0.05, 0.1) is 36.8 Å². The molecule has 2 aromatic rings. The summed E-state index contributed by atoms with van der Waals surface area (Å²) in [6.07, 6.45) is 0. The predicted octanol–water partition coefficient (Wildman–Crippen LogP) is 4.09. The molecular formula is C22H23ClN2O4. The lowest BCUT2D eigenvalue weighted by Gasteiger charge is -2.30. The molecule has 1 aliphatic rings. The van der Waals surface area contributed by atoms with Crippen LogP contribution in [0.1, 0.15) is 36.5 Å². The molecule has 0 amide bonds. The number of aromatic nitrogens is 1. The second kappa shape index (κ2) is 7.87. The van der Waals surface area contributed by atoms with E-state index in [-0.39, 0.29) is 5.15 Å². The Kier molecular flexibility index (Phi) is 5.66. The van der Waals surface area contributed by atoms with Gasteiger partial charge >= 0.3 is 11.9 Å². The van der Waals surface area contributed by atoms with E-state index in [4.69, 9.17) is 21.1 Å². The summed E-state index contributed by atoms with van der Waals surface area (Å²) in [5, 5.41) is 4.18. The molecule has 6 nitrogen and oxygen atoms in total. The van der Waals surface area contributed by atoms with Gasteiger partial charge in [0, 0.05) is 22.3 Å². The number of allylic oxidation sites excluding steroid dienone is 2. The third-order valence-corrected chi connectivity index (χ3v) is 5.42. The number of halogens is 1. The second-order valence-corrected chi connectivity index (χ2v) is 7.50. The molecule has 3 rings (SSSR count). The zero-order valence-corrected chi connectivity index (χ0v) is 18.0. The normalized spacial score (nSPS) is 14.9. The first-order valence-electron chi connectivity index (χ1n) is 9.12. The smallest absolute Gasteiger partial charge is 0.336 e. The van der Waals surface area contributed by atoms with Crippen LogP contribution in [0.3, 0.4) is 0 Å². The van der Waals surface area contributed by atoms with Gasteiger partial charge < -0.3 is 14.8 Å². The summed E-state index contributed by atoms with van der Waals surface area (Å²) in [5.74, 6) is -1.86. The summed E-state index contributed by atoms with van der Waals surface area (Å²) in [6.45, 7) is 7.48. The summed E-state index contributed by atoms with van der Waals surface area (Å²) in [6, 6.07) is 5.91. The van der Waals surface area contributed by atoms with Crippen molar-refractivity contribution in [2.75, 3.05) is 14.2 Å². The van der Waals surface area contributed by atoms with Crippen molar-refractivity contribution in [1.29, 1.82) is 0 Å². The van der Waals surface area contributed by atoms with Gasteiger partial charge in [-0.1, -0.05) is 23.2 Å². The van der Waals surface area contributed by atoms with Gasteiger partial charge in [0.2, 0.25) is 0 Å². The molecule has 1 N–H and O–H groups in total. The van der Waals surface area contributed by atoms with Gasteiger partial charge in [-0.25, -0.2) is 14.6 Å². The van der Waals surface area contributed by atoms with E-state index in [1.54, 1.807) is 13.8 Å². The lowest BCUT2D eigenvalue weighted by atomic mass is 9.80. The third-order valence-electron chi connectivity index (χ3n) is 5.12. The van der Waals surface area contributed by atoms with Crippen LogP contribution < -0.4 is 5.32 Å². The number of pyridine rings is 1. The SMILES string of the molecule is COC(=O)C1=C(C)NC(C)=C(C(=O)OC)C1c1cc2cc(C)cc(C)c2nc1Cl. The van der Waals surface area contributed by atoms with Crippen LogP contribution in [-0.2, 0) is 19.1 Å². The Morgan fingerprint density at radius 3 is 2.03 bits per heavy atom. The van der Waals surface area contributed by atoms with E-state index in [1.165, 1.54) is 14.2 Å². The maximum absolute atomic E-state index is 12.6. The molecule has 0 spiro atoms. The van der Waals surface area contributed by atoms with E-state index in [2.05, 4.69) is 10.3 Å². The number of hydrogen-bond donors (Lipinski definition) is 1. The molecule has 1 aliphatic heterocycles. The van der Waals surface area contributed by atoms with E-state index < -0.39 is 17.9 Å². The minimum atomic E-state index is -0.763. The molecule has 29 heavy (non-hydrogen) atoms. The molecule has 1 aromatic heterocycles. The van der Waals surface area contributed by atoms with Gasteiger partial charge in [0.15, 0.2) is 0 Å². The van der Waals surface area contributed by atoms with Gasteiger partial charge in [0.25, 0.3) is 0 Å². The number of aryl methyl sites for hydroxylation is 2. The molecule has 0 fully saturated rings. The number of methoxy groups -OCH3 is 2. The molecule has 0 aliphatic carbocycles. The van der Waals surface area contributed by atoms with Gasteiger partial charge in [-0.15, -0.1) is 0 Å². The highest BCUT2D eigenvalue weighted by atomic mass is 35.5. The monoisotopic (exact) mass is 414 g/mol. The number of nitrogens with one attached hydrogen (secondary N) is 1. The van der Waals surface area contributed by atoms with Crippen molar-refractivity contribution in [2.45, 2.75) is 33.6 Å². The first-order valence-corrected chi connectivity index (χ1v) is 9.50. The molecule has 7 heteroatoms. The quantitative estimate of drug-likeness (QED) is 0.602. The zero-order chi connectivity index (χ0) is 21.5. The maximum atomic E-state index is 12.6. The van der Waals surface area contributed by atoms with Gasteiger partial charge in [-0.3, -0.25) is 0 Å². The van der Waals surface area contributed by atoms with Crippen LogP contribution in [0.25, 0.3) is 10.9 Å². The fourth-order valence-corrected chi connectivity index (χ4v) is 4.16. The van der Waals surface area contributed by atoms with E-state index >= 15 is 0 Å². The number of nitrogens with zero attached hydrogens (tertiary/aromatic N) is 1. The number of carbonyl (C=O) groups is 2. The number of ether oxygens (including phenoxy) is 2. The Balaban J connectivity index is 2.35. The van der Waals surface area contributed by atoms with Gasteiger partial charge in [0.1, 0.15) is 5.15 Å². The molecule has 0 saturated carbocycles. The Morgan fingerprint density at radius 1 is 0.966 bits per heavy atom. The summed E-state index contributed by atoms with van der Waals surface area (Å²) in [5.41, 5.74) is 5.17. The highest BCUT2D eigenvalue weighted by Crippen LogP contribution is 2.42. The van der Waals surface area contributed by atoms with Gasteiger partial charge in [-0.05, 0) is 45.4 Å². The summed E-state index contributed by atoms with van der Waals surface area (Å²) in [4.78, 5) is 29.9. The third kappa shape index (κ3) is 3.60. The lowest BCUT2D eigenvalue weighted by molar-refractivity contribution is -0.137. The van der Waals surface area contributed by atoms with Crippen LogP contribution in [0.15, 0.2) is 40.7 Å². The summed E-state index contributed by atoms with van der Waals surface area (Å²) in [7, 11) is 2.60. The fraction of sp³-hybridized carbons (Fsp3) is 0.318. The Hall–Kier alpha value is -2.86. The number of carbonyl (C=O) groups excluding carboxylic acids is 2. The van der Waals surface area contributed by atoms with Crippen LogP contribution in [0.2, 0.25) is 5.15 Å². The van der Waals surface area contributed by atoms with Crippen LogP contribution in [0.5, 0.6) is 0 Å². The average Bonchev–Trinajstić information content (AvgIpc) is 2.66. The number of esters is 2. The topological polar surface area (TPSA) is 77.5 Å². The first-order chi connectivity index (χ1) is 13.7. The van der Waals surface area contributed by atoms with Crippen LogP contribution in [0, 0.1) is 13.8 Å². The largest absolute Gasteiger partial charge is 0.466 e. The predicted molar refractivity (Wildman–Crippen MR) is 112 cm³/mol. The van der Waals surface area contributed by atoms with Crippen molar-refractivity contribution in [3.63, 3.8) is 0 Å². The molecule has 0 atom stereocenters. The van der Waals surface area contributed by atoms with Crippen molar-refractivity contribution in [1.82, 2.24) is 10.3 Å². The van der Waals surface area contributed by atoms with Crippen molar-refractivity contribution >= 4 is 34.4 Å². The summed E-state index contributed by atoms with van der Waals surface area (Å²) >= 11 is 6.59. The molecule has 1 aromatic carbocycles. The minimum absolute atomic E-state index is 0.222. The zero-order valence-electron chi connectivity index (χ0n) is 17.3. The van der Waals surface area contributed by atoms with E-state index in [0.29, 0.717) is 28.1 Å². The summed E-state index contributed by atoms with van der Waals surface area (Å²) < 4.78 is 10.00. The second-order valence-electron chi connectivity index (χ2n) is 7.14. The van der Waals surface area contributed by atoms with Crippen LogP contribution >= 0.6 is 11.6 Å². The van der Waals surface area contributed by atoms with Crippen LogP contribution in [0.4, 0.5) is 0 Å². The van der Waals surface area contributed by atoms with E-state index in [1.807, 2.05) is 32.0 Å². The standard InChI is InChI=1S/C22H23ClN2O4/c1-10-7-11(2)19-14(8-10)9-15(20(23)25-19)18-16(21(26)28-5)12(3)24-13(4)17(18)22(27)29-6/h7-9,18,24H,1-6H3. The molecule has 0 saturated heterocycles. The van der Waals surface area contributed by atoms with Crippen molar-refractivity contribution < 1.29 is 19.1 Å². The molecule has 0 radical (unpaired) electrons. The number of fused-ring (bicyclic) bond motifs is 1. The Morgan fingerprint density at radius 2 is 1.52 bits per heavy atom. The van der Waals surface area contributed by atoms with Crippen LogP contribution in [-0.4, -0.2) is 31.1 Å². The van der Waals surface area contributed by atoms with E-state index in [9.17, 15) is 9.59 Å². The fourth-order valence-electron chi connectivity index (χ4n) is 3.91. The van der Waals surface area contributed by atoms with E-state index in [0.717, 1.165) is 22.0 Å². The average molecular weight is 415 g/mol. The van der Waals surface area contributed by atoms with Crippen molar-refractivity contribution in [3.8, 4) is 0 Å². The van der Waals surface area contributed by atoms with Crippen molar-refractivity contribution in [2.24, 2.45) is 0 Å². The molecule has 0 bridgehead atoms. The Bertz CT molecular complexity index is 1060. The minimum Gasteiger partial charge on any atom is -0.466 e. The number of hydrogen-bond acceptors (Lipinski definition) is 6. The molecule has 152 valence electrons. The van der Waals surface area contributed by atoms with Crippen molar-refractivity contribution in [3.05, 3.63) is 62.6 Å².